The third-order valence-electron chi connectivity index (χ3n) is 2.62. The summed E-state index contributed by atoms with van der Waals surface area (Å²) in [7, 11) is 0. The molecule has 0 atom stereocenters. The summed E-state index contributed by atoms with van der Waals surface area (Å²) in [5.41, 5.74) is 1.22. The van der Waals surface area contributed by atoms with Gasteiger partial charge in [0.1, 0.15) is 0 Å². The molecule has 3 nitrogen and oxygen atoms in total. The van der Waals surface area contributed by atoms with Gasteiger partial charge in [-0.05, 0) is 19.3 Å². The van der Waals surface area contributed by atoms with Crippen LogP contribution in [0.25, 0.3) is 0 Å². The summed E-state index contributed by atoms with van der Waals surface area (Å²) in [6.45, 7) is 0.512. The van der Waals surface area contributed by atoms with Crippen LogP contribution in [-0.2, 0) is 9.59 Å². The molecule has 0 aromatic heterocycles. The summed E-state index contributed by atoms with van der Waals surface area (Å²) in [6, 6.07) is 0. The molecule has 0 spiro atoms. The molecule has 2 rings (SSSR count). The smallest absolute Gasteiger partial charge is 0.261 e. The monoisotopic (exact) mass is 269 g/mol. The number of fused-ring (bicyclic) bond motifs is 1. The number of likely N-dealkylation sites (tertiary alicyclic amines) is 1. The number of carbonyl (C=O) groups is 2. The number of imide groups is 1. The predicted octanol–water partition coefficient (Wildman–Crippen LogP) is 1.79. The van der Waals surface area contributed by atoms with E-state index >= 15 is 0 Å². The molecule has 80 valence electrons. The first-order valence-electron chi connectivity index (χ1n) is 5.08. The van der Waals surface area contributed by atoms with Crippen LogP contribution in [0, 0.1) is 0 Å². The molecule has 1 aliphatic heterocycles. The Balaban J connectivity index is 2.22. The molecule has 1 fully saturated rings. The molecule has 1 saturated heterocycles. The van der Waals surface area contributed by atoms with Gasteiger partial charge in [0.05, 0.1) is 0 Å². The van der Waals surface area contributed by atoms with E-state index in [9.17, 15) is 9.59 Å². The molecule has 0 radical (unpaired) electrons. The van der Waals surface area contributed by atoms with Gasteiger partial charge in [-0.3, -0.25) is 14.5 Å². The average molecular weight is 270 g/mol. The predicted molar refractivity (Wildman–Crippen MR) is 60.5 cm³/mol. The fraction of sp³-hybridized carbons (Fsp3) is 0.455. The zero-order valence-corrected chi connectivity index (χ0v) is 9.92. The average Bonchev–Trinajstić information content (AvgIpc) is 2.51. The minimum atomic E-state index is -0.119. The van der Waals surface area contributed by atoms with E-state index in [0.29, 0.717) is 17.7 Å². The number of hydrogen-bond donors (Lipinski definition) is 0. The zero-order valence-electron chi connectivity index (χ0n) is 8.33. The van der Waals surface area contributed by atoms with Crippen molar-refractivity contribution in [1.82, 2.24) is 4.90 Å². The Morgan fingerprint density at radius 2 is 1.67 bits per heavy atom. The normalized spacial score (nSPS) is 20.2. The number of halogens is 1. The molecule has 1 heterocycles. The van der Waals surface area contributed by atoms with Gasteiger partial charge >= 0.3 is 0 Å². The lowest BCUT2D eigenvalue weighted by Gasteiger charge is -2.11. The van der Waals surface area contributed by atoms with E-state index < -0.39 is 0 Å². The SMILES string of the molecule is O=C1C2=CCCC=C2C(=O)N1CCCBr. The summed E-state index contributed by atoms with van der Waals surface area (Å²) < 4.78 is 0. The van der Waals surface area contributed by atoms with Crippen LogP contribution in [0.2, 0.25) is 0 Å². The highest BCUT2D eigenvalue weighted by Gasteiger charge is 2.38. The molecular formula is C11H12BrNO2. The first kappa shape index (κ1) is 10.6. The molecular weight excluding hydrogens is 258 g/mol. The minimum Gasteiger partial charge on any atom is -0.274 e. The number of nitrogens with zero attached hydrogens (tertiary/aromatic N) is 1. The van der Waals surface area contributed by atoms with E-state index in [4.69, 9.17) is 0 Å². The molecule has 0 N–H and O–H groups in total. The summed E-state index contributed by atoms with van der Waals surface area (Å²) >= 11 is 3.29. The summed E-state index contributed by atoms with van der Waals surface area (Å²) in [5, 5.41) is 0.808. The van der Waals surface area contributed by atoms with Gasteiger partial charge in [-0.2, -0.15) is 0 Å². The van der Waals surface area contributed by atoms with Gasteiger partial charge in [-0.15, -0.1) is 0 Å². The summed E-state index contributed by atoms with van der Waals surface area (Å²) in [4.78, 5) is 25.0. The fourth-order valence-electron chi connectivity index (χ4n) is 1.88. The highest BCUT2D eigenvalue weighted by Crippen LogP contribution is 2.29. The van der Waals surface area contributed by atoms with Crippen LogP contribution in [0.1, 0.15) is 19.3 Å². The maximum absolute atomic E-state index is 11.8. The molecule has 0 aromatic carbocycles. The summed E-state index contributed by atoms with van der Waals surface area (Å²) in [6.07, 6.45) is 6.29. The molecule has 15 heavy (non-hydrogen) atoms. The van der Waals surface area contributed by atoms with Gasteiger partial charge in [-0.25, -0.2) is 0 Å². The Labute approximate surface area is 96.9 Å². The maximum Gasteiger partial charge on any atom is 0.261 e. The Bertz CT molecular complexity index is 339. The molecule has 0 bridgehead atoms. The van der Waals surface area contributed by atoms with Crippen molar-refractivity contribution in [2.75, 3.05) is 11.9 Å². The van der Waals surface area contributed by atoms with E-state index in [-0.39, 0.29) is 11.8 Å². The van der Waals surface area contributed by atoms with Crippen molar-refractivity contribution in [2.24, 2.45) is 0 Å². The standard InChI is InChI=1S/C11H12BrNO2/c12-6-3-7-13-10(14)8-4-1-2-5-9(8)11(13)15/h4-5H,1-3,6-7H2. The van der Waals surface area contributed by atoms with Crippen molar-refractivity contribution >= 4 is 27.7 Å². The molecule has 0 unspecified atom stereocenters. The van der Waals surface area contributed by atoms with Crippen molar-refractivity contribution in [3.8, 4) is 0 Å². The lowest BCUT2D eigenvalue weighted by atomic mass is 10.0. The topological polar surface area (TPSA) is 37.4 Å². The van der Waals surface area contributed by atoms with Gasteiger partial charge in [0.25, 0.3) is 11.8 Å². The number of allylic oxidation sites excluding steroid dienone is 2. The fourth-order valence-corrected chi connectivity index (χ4v) is 2.14. The van der Waals surface area contributed by atoms with Gasteiger partial charge in [0.15, 0.2) is 0 Å². The van der Waals surface area contributed by atoms with E-state index in [2.05, 4.69) is 15.9 Å². The Morgan fingerprint density at radius 1 is 1.13 bits per heavy atom. The second-order valence-corrected chi connectivity index (χ2v) is 4.41. The third kappa shape index (κ3) is 1.78. The van der Waals surface area contributed by atoms with Crippen LogP contribution < -0.4 is 0 Å². The van der Waals surface area contributed by atoms with Crippen LogP contribution >= 0.6 is 15.9 Å². The number of amides is 2. The third-order valence-corrected chi connectivity index (χ3v) is 3.18. The first-order chi connectivity index (χ1) is 7.25. The van der Waals surface area contributed by atoms with Crippen LogP contribution in [0.15, 0.2) is 23.3 Å². The largest absolute Gasteiger partial charge is 0.274 e. The van der Waals surface area contributed by atoms with E-state index in [1.807, 2.05) is 12.2 Å². The number of carbonyl (C=O) groups excluding carboxylic acids is 2. The van der Waals surface area contributed by atoms with Crippen LogP contribution in [0.5, 0.6) is 0 Å². The van der Waals surface area contributed by atoms with Crippen molar-refractivity contribution in [2.45, 2.75) is 19.3 Å². The highest BCUT2D eigenvalue weighted by atomic mass is 79.9. The van der Waals surface area contributed by atoms with Crippen molar-refractivity contribution in [3.05, 3.63) is 23.3 Å². The molecule has 2 amide bonds. The maximum atomic E-state index is 11.8. The highest BCUT2D eigenvalue weighted by molar-refractivity contribution is 9.09. The zero-order chi connectivity index (χ0) is 10.8. The number of alkyl halides is 1. The van der Waals surface area contributed by atoms with Crippen molar-refractivity contribution < 1.29 is 9.59 Å². The number of hydrogen-bond acceptors (Lipinski definition) is 2. The molecule has 0 saturated carbocycles. The minimum absolute atomic E-state index is 0.119. The first-order valence-corrected chi connectivity index (χ1v) is 6.20. The van der Waals surface area contributed by atoms with Gasteiger partial charge in [0, 0.05) is 23.0 Å². The quantitative estimate of drug-likeness (QED) is 0.579. The van der Waals surface area contributed by atoms with Gasteiger partial charge < -0.3 is 0 Å². The molecule has 2 aliphatic rings. The molecule has 1 aliphatic carbocycles. The van der Waals surface area contributed by atoms with Gasteiger partial charge in [0.2, 0.25) is 0 Å². The summed E-state index contributed by atoms with van der Waals surface area (Å²) in [5.74, 6) is -0.237. The lowest BCUT2D eigenvalue weighted by molar-refractivity contribution is -0.136. The van der Waals surface area contributed by atoms with Crippen LogP contribution in [0.4, 0.5) is 0 Å². The second kappa shape index (κ2) is 4.31. The molecule has 0 aromatic rings. The van der Waals surface area contributed by atoms with Crippen LogP contribution in [0.3, 0.4) is 0 Å². The molecule has 4 heteroatoms. The van der Waals surface area contributed by atoms with E-state index in [1.165, 1.54) is 4.90 Å². The Hall–Kier alpha value is -0.900. The second-order valence-electron chi connectivity index (χ2n) is 3.62. The Morgan fingerprint density at radius 3 is 2.13 bits per heavy atom. The van der Waals surface area contributed by atoms with E-state index in [1.54, 1.807) is 0 Å². The Kier molecular flexibility index (Phi) is 3.05. The lowest BCUT2D eigenvalue weighted by Crippen LogP contribution is -2.30. The van der Waals surface area contributed by atoms with Gasteiger partial charge in [-0.1, -0.05) is 28.1 Å². The van der Waals surface area contributed by atoms with Crippen molar-refractivity contribution in [3.63, 3.8) is 0 Å². The number of rotatable bonds is 3. The van der Waals surface area contributed by atoms with E-state index in [0.717, 1.165) is 24.6 Å². The van der Waals surface area contributed by atoms with Crippen molar-refractivity contribution in [1.29, 1.82) is 0 Å². The van der Waals surface area contributed by atoms with Crippen LogP contribution in [-0.4, -0.2) is 28.6 Å².